The Balaban J connectivity index is 0.000000459. The smallest absolute Gasteiger partial charge is 0.410 e. The van der Waals surface area contributed by atoms with Crippen molar-refractivity contribution in [1.29, 1.82) is 0 Å². The van der Waals surface area contributed by atoms with Gasteiger partial charge in [-0.25, -0.2) is 65.7 Å². The van der Waals surface area contributed by atoms with Crippen LogP contribution in [0.1, 0.15) is 98.8 Å². The summed E-state index contributed by atoms with van der Waals surface area (Å²) in [7, 11) is 3.23. The molecule has 0 unspecified atom stereocenters. The van der Waals surface area contributed by atoms with Crippen molar-refractivity contribution in [2.24, 2.45) is 11.5 Å². The quantitative estimate of drug-likeness (QED) is 0.0257. The first-order valence-corrected chi connectivity index (χ1v) is 38.6. The van der Waals surface area contributed by atoms with Gasteiger partial charge in [0, 0.05) is 84.7 Å². The van der Waals surface area contributed by atoms with Gasteiger partial charge in [0.2, 0.25) is 10.6 Å². The second-order valence-electron chi connectivity index (χ2n) is 26.0. The summed E-state index contributed by atoms with van der Waals surface area (Å²) in [6.07, 6.45) is -0.566. The fourth-order valence-corrected chi connectivity index (χ4v) is 12.4. The molecule has 0 aliphatic carbocycles. The van der Waals surface area contributed by atoms with E-state index in [1.807, 2.05) is 72.2 Å². The number of aromatic amines is 2. The predicted molar refractivity (Wildman–Crippen MR) is 450 cm³/mol. The van der Waals surface area contributed by atoms with Crippen LogP contribution in [0, 0.1) is 29.1 Å². The van der Waals surface area contributed by atoms with E-state index in [0.717, 1.165) is 25.2 Å². The number of piperazine rings is 2. The molecule has 3 fully saturated rings. The summed E-state index contributed by atoms with van der Waals surface area (Å²) >= 11 is 55.4. The molecule has 8 aromatic rings. The number of carboxylic acid groups (broad SMARTS) is 2. The highest BCUT2D eigenvalue weighted by molar-refractivity contribution is 9.11. The average Bonchev–Trinajstić information content (AvgIpc) is 0.767. The van der Waals surface area contributed by atoms with Gasteiger partial charge in [0.1, 0.15) is 33.2 Å². The highest BCUT2D eigenvalue weighted by Gasteiger charge is 2.37. The maximum absolute atomic E-state index is 14.7. The highest BCUT2D eigenvalue weighted by Crippen LogP contribution is 2.39. The second kappa shape index (κ2) is 45.5. The number of urea groups is 1. The number of carbonyl (C=O) groups excluding carboxylic acids is 3. The topological polar surface area (TPSA) is 403 Å². The fourth-order valence-electron chi connectivity index (χ4n) is 9.44. The molecule has 3 aliphatic heterocycles. The molecule has 11 rings (SSSR count). The van der Waals surface area contributed by atoms with Crippen LogP contribution in [0.5, 0.6) is 0 Å². The Morgan fingerprint density at radius 3 is 1.51 bits per heavy atom. The lowest BCUT2D eigenvalue weighted by Crippen LogP contribution is -2.59. The number of anilines is 3. The van der Waals surface area contributed by atoms with Crippen molar-refractivity contribution in [2.75, 3.05) is 76.9 Å². The number of nitrogens with two attached hydrogens (primary N) is 4. The summed E-state index contributed by atoms with van der Waals surface area (Å²) in [6, 6.07) is 8.32. The van der Waals surface area contributed by atoms with Gasteiger partial charge in [0.05, 0.1) is 79.9 Å². The van der Waals surface area contributed by atoms with E-state index < -0.39 is 82.3 Å². The number of nitrogens with one attached hydrogen (secondary N) is 4. The third kappa shape index (κ3) is 29.7. The molecule has 3 aliphatic rings. The van der Waals surface area contributed by atoms with Crippen LogP contribution in [0.25, 0.3) is 32.7 Å². The SMILES string of the molecule is C.CN(C)C1CNC1.C[C@@H]1CN(c2nc(Cl)nc3c(F)c(Br)c(Cl)cc23)[C@@H](C)CN1C(=O)OC(C)(C)C.C[C@@H]1CN[C@@H](C)CN1C(=O)OC(C)(C)C.Fc1c(Br)c(Cl)cc2c(Cl)nc(Cl)nc12.NC(N)=O.Nc1c(C(=O)O)cc(Cl)c(Br)c1F.Nc1c(C(=O)O)ccc(Br)c1F.O=c1[nH]c(=O)c2cc(Br)c(Cl)c(F)c2[nH]1.[2H]CF. The summed E-state index contributed by atoms with van der Waals surface area (Å²) in [5.74, 6) is -5.69. The number of alkyl halides is 1. The molecular weight excluding hydrogens is 1980 g/mol. The number of aromatic carboxylic acids is 2. The van der Waals surface area contributed by atoms with E-state index >= 15 is 0 Å². The Kier molecular flexibility index (Phi) is 40.6. The van der Waals surface area contributed by atoms with Crippen molar-refractivity contribution in [2.45, 2.75) is 118 Å². The molecule has 3 aromatic heterocycles. The number of nitrogen functional groups attached to an aromatic ring is 2. The zero-order chi connectivity index (χ0) is 86.7. The number of rotatable bonds is 4. The Bertz CT molecular complexity index is 4900. The second-order valence-corrected chi connectivity index (χ2v) is 32.7. The maximum atomic E-state index is 14.7. The van der Waals surface area contributed by atoms with Gasteiger partial charge in [0.25, 0.3) is 5.56 Å². The molecule has 4 amide bonds. The minimum absolute atomic E-state index is 0. The summed E-state index contributed by atoms with van der Waals surface area (Å²) in [5, 5.41) is 24.6. The van der Waals surface area contributed by atoms with Crippen molar-refractivity contribution in [3.63, 3.8) is 0 Å². The van der Waals surface area contributed by atoms with E-state index in [4.69, 9.17) is 119 Å². The number of carbonyl (C=O) groups is 5. The number of aromatic nitrogens is 6. The number of carboxylic acids is 2. The molecule has 27 nitrogen and oxygen atoms in total. The van der Waals surface area contributed by atoms with Crippen LogP contribution >= 0.6 is 161 Å². The number of fused-ring (bicyclic) bond motifs is 3. The number of H-pyrrole nitrogens is 2. The lowest BCUT2D eigenvalue weighted by atomic mass is 10.1. The van der Waals surface area contributed by atoms with Gasteiger partial charge in [-0.05, 0) is 223 Å². The summed E-state index contributed by atoms with van der Waals surface area (Å²) in [4.78, 5) is 104. The Morgan fingerprint density at radius 2 is 1.05 bits per heavy atom. The van der Waals surface area contributed by atoms with Crippen LogP contribution in [0.15, 0.2) is 68.4 Å². The zero-order valence-corrected chi connectivity index (χ0v) is 74.3. The molecule has 3 saturated heterocycles. The first-order chi connectivity index (χ1) is 52.1. The van der Waals surface area contributed by atoms with Crippen LogP contribution in [-0.2, 0) is 9.47 Å². The molecule has 113 heavy (non-hydrogen) atoms. The number of primary amides is 2. The van der Waals surface area contributed by atoms with Gasteiger partial charge in [-0.2, -0.15) is 4.98 Å². The molecule has 0 spiro atoms. The first kappa shape index (κ1) is 101. The van der Waals surface area contributed by atoms with Crippen molar-refractivity contribution in [3.05, 3.63) is 156 Å². The van der Waals surface area contributed by atoms with E-state index in [1.165, 1.54) is 37.4 Å². The third-order valence-corrected chi connectivity index (χ3v) is 21.3. The number of hydrogen-bond acceptors (Lipinski definition) is 19. The monoisotopic (exact) mass is 2050 g/mol. The molecular formula is C68H80Br5Cl7F6N16O11. The number of hydrogen-bond donors (Lipinski definition) is 10. The molecule has 4 atom stereocenters. The Morgan fingerprint density at radius 1 is 0.602 bits per heavy atom. The number of halogens is 18. The van der Waals surface area contributed by atoms with Crippen molar-refractivity contribution in [3.8, 4) is 0 Å². The van der Waals surface area contributed by atoms with Crippen LogP contribution in [0.3, 0.4) is 0 Å². The van der Waals surface area contributed by atoms with Crippen molar-refractivity contribution in [1.82, 2.24) is 55.2 Å². The predicted octanol–water partition coefficient (Wildman–Crippen LogP) is 17.7. The van der Waals surface area contributed by atoms with E-state index in [1.54, 1.807) is 15.9 Å². The van der Waals surface area contributed by atoms with E-state index in [-0.39, 0.29) is 135 Å². The average molecular weight is 2060 g/mol. The van der Waals surface area contributed by atoms with Gasteiger partial charge < -0.3 is 77.8 Å². The number of likely N-dealkylation sites (N-methyl/N-ethyl adjacent to an activating group) is 1. The van der Waals surface area contributed by atoms with Crippen LogP contribution in [0.2, 0.25) is 35.8 Å². The van der Waals surface area contributed by atoms with Crippen molar-refractivity contribution < 1.29 is 71.4 Å². The Hall–Kier alpha value is -6.24. The summed E-state index contributed by atoms with van der Waals surface area (Å²) in [6.45, 7) is 24.0. The first-order valence-electron chi connectivity index (χ1n) is 32.7. The molecule has 624 valence electrons. The highest BCUT2D eigenvalue weighted by atomic mass is 79.9. The lowest BCUT2D eigenvalue weighted by molar-refractivity contribution is 0.0101. The van der Waals surface area contributed by atoms with Crippen LogP contribution in [-0.4, -0.2) is 187 Å². The number of ether oxygens (including phenoxy) is 2. The van der Waals surface area contributed by atoms with Gasteiger partial charge in [-0.1, -0.05) is 65.4 Å². The van der Waals surface area contributed by atoms with E-state index in [0.29, 0.717) is 35.7 Å². The standard InChI is InChI=1S/C19H22BrCl2FN4O2.C11H22N2O2.C8HBrCl3FN2.C8H3BrClFN2O2.C7H4BrClFNO2.C7H5BrFNO2.C5H12N2.CH3F.CH4N2O.CH4/c1-9-8-27(18(28)29-19(3,4)5)10(2)7-26(9)16-11-6-12(21)13(20)14(23)15(11)24-17(22)25-16;1-8-7-13(9(2)6-12-8)10(14)15-11(3,4)5;9-4-3(10)1-2-6(5(4)13)14-8(12)15-7(2)11;9-3-1-2-6(5(11)4(3)10)12-8(15)13-7(2)14;8-4-3(9)1-2(7(12)13)6(11)5(4)10;8-4-2-1-3(7(11)12)6(10)5(4)9;1-7(2)5-3-6-4-5;1-2;2-1(3)4;/h6,9-10H,7-8H2,1-5H3;8-9,12H,6-7H2,1-5H3;1H;1H,(H2,12,13,14,15);1H,11H2,(H,12,13);1-2H,10H2,(H,11,12);5-6H,3-4H2,1-2H3;1H3;(H4,2,3,4);1H4/t9-,10+;8-,9+;;;;;;;;/m00......../s1/i;;;;;;;1D;;. The Labute approximate surface area is 723 Å². The number of benzene rings is 5. The molecule has 0 radical (unpaired) electrons. The minimum atomic E-state index is -1.31. The normalized spacial score (nSPS) is 15.8. The van der Waals surface area contributed by atoms with Gasteiger partial charge in [-0.3, -0.25) is 14.2 Å². The summed E-state index contributed by atoms with van der Waals surface area (Å²) < 4.78 is 95.0. The van der Waals surface area contributed by atoms with Gasteiger partial charge in [0.15, 0.2) is 29.1 Å². The molecule has 45 heteroatoms. The fraction of sp³-hybridized carbons (Fsp3) is 0.397. The largest absolute Gasteiger partial charge is 0.478 e. The molecule has 0 bridgehead atoms. The van der Waals surface area contributed by atoms with Crippen LogP contribution < -0.4 is 49.7 Å². The minimum Gasteiger partial charge on any atom is -0.478 e. The van der Waals surface area contributed by atoms with Gasteiger partial charge >= 0.3 is 35.8 Å². The maximum Gasteiger partial charge on any atom is 0.410 e. The lowest BCUT2D eigenvalue weighted by Gasteiger charge is -2.44. The molecule has 14 N–H and O–H groups in total. The molecule has 6 heterocycles. The number of amides is 4. The van der Waals surface area contributed by atoms with Gasteiger partial charge in [-0.15, -0.1) is 0 Å². The zero-order valence-electron chi connectivity index (χ0n) is 62.1. The third-order valence-electron chi connectivity index (χ3n) is 15.0. The van der Waals surface area contributed by atoms with E-state index in [2.05, 4.69) is 153 Å². The summed E-state index contributed by atoms with van der Waals surface area (Å²) in [5.41, 5.74) is 15.1. The number of nitrogens with zero attached hydrogens (tertiary/aromatic N) is 8. The van der Waals surface area contributed by atoms with Crippen LogP contribution in [0.4, 0.5) is 57.9 Å². The molecule has 5 aromatic carbocycles. The molecule has 0 saturated carbocycles. The van der Waals surface area contributed by atoms with E-state index in [9.17, 15) is 55.1 Å². The van der Waals surface area contributed by atoms with Crippen molar-refractivity contribution >= 4 is 241 Å².